The second-order valence-electron chi connectivity index (χ2n) is 6.01. The molecule has 1 aliphatic rings. The summed E-state index contributed by atoms with van der Waals surface area (Å²) in [5, 5.41) is 1.37. The van der Waals surface area contributed by atoms with Crippen molar-refractivity contribution < 1.29 is 0 Å². The molecule has 0 aliphatic carbocycles. The van der Waals surface area contributed by atoms with Crippen LogP contribution in [0.5, 0.6) is 0 Å². The van der Waals surface area contributed by atoms with Crippen molar-refractivity contribution in [2.45, 2.75) is 46.0 Å². The van der Waals surface area contributed by atoms with Crippen LogP contribution < -0.4 is 4.90 Å². The van der Waals surface area contributed by atoms with Crippen LogP contribution in [0.1, 0.15) is 49.7 Å². The van der Waals surface area contributed by atoms with Crippen molar-refractivity contribution in [2.75, 3.05) is 11.4 Å². The molecule has 0 amide bonds. The Bertz CT molecular complexity index is 726. The Labute approximate surface area is 147 Å². The normalized spacial score (nSPS) is 13.7. The van der Waals surface area contributed by atoms with Gasteiger partial charge in [0.05, 0.1) is 10.7 Å². The van der Waals surface area contributed by atoms with E-state index in [1.54, 1.807) is 6.07 Å². The molecule has 1 aromatic heterocycles. The summed E-state index contributed by atoms with van der Waals surface area (Å²) < 4.78 is 0. The minimum absolute atomic E-state index is 0.471. The number of anilines is 2. The molecule has 0 N–H and O–H groups in total. The van der Waals surface area contributed by atoms with Crippen LogP contribution in [-0.4, -0.2) is 16.5 Å². The average Bonchev–Trinajstić information content (AvgIpc) is 2.92. The van der Waals surface area contributed by atoms with E-state index in [1.165, 1.54) is 5.56 Å². The van der Waals surface area contributed by atoms with E-state index in [4.69, 9.17) is 23.2 Å². The fourth-order valence-corrected chi connectivity index (χ4v) is 3.95. The Kier molecular flexibility index (Phi) is 4.79. The fourth-order valence-electron chi connectivity index (χ4n) is 3.31. The first-order valence-electron chi connectivity index (χ1n) is 8.14. The van der Waals surface area contributed by atoms with Gasteiger partial charge in [-0.15, -0.1) is 0 Å². The van der Waals surface area contributed by atoms with Crippen molar-refractivity contribution >= 4 is 34.7 Å². The Morgan fingerprint density at radius 1 is 1.13 bits per heavy atom. The van der Waals surface area contributed by atoms with Gasteiger partial charge >= 0.3 is 0 Å². The van der Waals surface area contributed by atoms with E-state index >= 15 is 0 Å². The van der Waals surface area contributed by atoms with E-state index < -0.39 is 0 Å². The summed E-state index contributed by atoms with van der Waals surface area (Å²) in [5.41, 5.74) is 3.34. The van der Waals surface area contributed by atoms with E-state index in [2.05, 4.69) is 34.8 Å². The van der Waals surface area contributed by atoms with Crippen LogP contribution in [0.4, 0.5) is 11.5 Å². The second kappa shape index (κ2) is 6.66. The Hall–Kier alpha value is -1.32. The van der Waals surface area contributed by atoms with Crippen LogP contribution in [0, 0.1) is 6.92 Å². The number of aryl methyl sites for hydroxylation is 1. The summed E-state index contributed by atoms with van der Waals surface area (Å²) in [6.07, 6.45) is 3.09. The first-order valence-corrected chi connectivity index (χ1v) is 8.90. The van der Waals surface area contributed by atoms with Crippen LogP contribution in [0.15, 0.2) is 18.2 Å². The zero-order valence-electron chi connectivity index (χ0n) is 13.7. The van der Waals surface area contributed by atoms with E-state index in [0.717, 1.165) is 48.8 Å². The van der Waals surface area contributed by atoms with E-state index in [1.807, 2.05) is 13.0 Å². The van der Waals surface area contributed by atoms with Gasteiger partial charge in [0, 0.05) is 29.2 Å². The summed E-state index contributed by atoms with van der Waals surface area (Å²) in [7, 11) is 0. The topological polar surface area (TPSA) is 29.0 Å². The maximum atomic E-state index is 6.45. The maximum absolute atomic E-state index is 6.45. The lowest BCUT2D eigenvalue weighted by molar-refractivity contribution is 0.618. The Morgan fingerprint density at radius 2 is 1.87 bits per heavy atom. The third kappa shape index (κ3) is 3.17. The van der Waals surface area contributed by atoms with Gasteiger partial charge in [-0.05, 0) is 43.9 Å². The van der Waals surface area contributed by atoms with Gasteiger partial charge in [-0.3, -0.25) is 0 Å². The van der Waals surface area contributed by atoms with Crippen LogP contribution in [-0.2, 0) is 6.42 Å². The summed E-state index contributed by atoms with van der Waals surface area (Å²) in [6, 6.07) is 5.92. The van der Waals surface area contributed by atoms with Crippen molar-refractivity contribution in [1.29, 1.82) is 0 Å². The van der Waals surface area contributed by atoms with E-state index in [-0.39, 0.29) is 0 Å². The fraction of sp³-hybridized carbons (Fsp3) is 0.444. The first-order chi connectivity index (χ1) is 11.0. The molecule has 1 aromatic carbocycles. The molecule has 3 nitrogen and oxygen atoms in total. The highest BCUT2D eigenvalue weighted by atomic mass is 35.5. The number of fused-ring (bicyclic) bond motifs is 1. The predicted molar refractivity (Wildman–Crippen MR) is 97.3 cm³/mol. The molecule has 23 heavy (non-hydrogen) atoms. The van der Waals surface area contributed by atoms with Crippen molar-refractivity contribution in [1.82, 2.24) is 9.97 Å². The lowest BCUT2D eigenvalue weighted by Crippen LogP contribution is -2.17. The molecule has 0 saturated carbocycles. The smallest absolute Gasteiger partial charge is 0.137 e. The Morgan fingerprint density at radius 3 is 2.57 bits per heavy atom. The van der Waals surface area contributed by atoms with Crippen molar-refractivity contribution in [2.24, 2.45) is 0 Å². The van der Waals surface area contributed by atoms with Crippen molar-refractivity contribution in [3.05, 3.63) is 45.3 Å². The lowest BCUT2D eigenvalue weighted by atomic mass is 9.99. The molecule has 2 aromatic rings. The zero-order chi connectivity index (χ0) is 16.6. The average molecular weight is 350 g/mol. The van der Waals surface area contributed by atoms with Gasteiger partial charge in [-0.2, -0.15) is 0 Å². The highest BCUT2D eigenvalue weighted by Crippen LogP contribution is 2.41. The maximum Gasteiger partial charge on any atom is 0.137 e. The molecule has 2 heterocycles. The van der Waals surface area contributed by atoms with E-state index in [9.17, 15) is 0 Å². The quantitative estimate of drug-likeness (QED) is 0.709. The standard InChI is InChI=1S/C18H21Cl2N3/c1-4-12(5-2)16-10-17(22-11(3)21-16)23-7-6-13-8-14(19)9-15(20)18(13)23/h8-10,12H,4-7H2,1-3H3. The molecule has 0 radical (unpaired) electrons. The molecule has 1 aliphatic heterocycles. The molecule has 5 heteroatoms. The molecule has 0 spiro atoms. The Balaban J connectivity index is 2.05. The lowest BCUT2D eigenvalue weighted by Gasteiger charge is -2.22. The number of hydrogen-bond donors (Lipinski definition) is 0. The van der Waals surface area contributed by atoms with Gasteiger partial charge in [-0.1, -0.05) is 37.0 Å². The van der Waals surface area contributed by atoms with Crippen molar-refractivity contribution in [3.8, 4) is 0 Å². The molecule has 0 unspecified atom stereocenters. The van der Waals surface area contributed by atoms with Gasteiger partial charge < -0.3 is 4.90 Å². The largest absolute Gasteiger partial charge is 0.324 e. The van der Waals surface area contributed by atoms with Crippen LogP contribution >= 0.6 is 23.2 Å². The van der Waals surface area contributed by atoms with Gasteiger partial charge in [0.1, 0.15) is 11.6 Å². The molecule has 3 rings (SSSR count). The highest BCUT2D eigenvalue weighted by molar-refractivity contribution is 6.36. The number of halogens is 2. The highest BCUT2D eigenvalue weighted by Gasteiger charge is 2.26. The molecule has 0 atom stereocenters. The van der Waals surface area contributed by atoms with Gasteiger partial charge in [0.15, 0.2) is 0 Å². The number of rotatable bonds is 4. The number of benzene rings is 1. The molecular formula is C18H21Cl2N3. The third-order valence-corrected chi connectivity index (χ3v) is 5.01. The minimum atomic E-state index is 0.471. The van der Waals surface area contributed by atoms with Gasteiger partial charge in [0.25, 0.3) is 0 Å². The molecular weight excluding hydrogens is 329 g/mol. The summed E-state index contributed by atoms with van der Waals surface area (Å²) in [4.78, 5) is 11.5. The number of hydrogen-bond acceptors (Lipinski definition) is 3. The minimum Gasteiger partial charge on any atom is -0.324 e. The molecule has 0 bridgehead atoms. The summed E-state index contributed by atoms with van der Waals surface area (Å²) in [6.45, 7) is 7.23. The molecule has 0 saturated heterocycles. The second-order valence-corrected chi connectivity index (χ2v) is 6.85. The molecule has 122 valence electrons. The summed E-state index contributed by atoms with van der Waals surface area (Å²) in [5.74, 6) is 2.21. The first kappa shape index (κ1) is 16.5. The number of nitrogens with zero attached hydrogens (tertiary/aromatic N) is 3. The van der Waals surface area contributed by atoms with E-state index in [0.29, 0.717) is 16.0 Å². The van der Waals surface area contributed by atoms with Crippen LogP contribution in [0.2, 0.25) is 10.0 Å². The van der Waals surface area contributed by atoms with Crippen LogP contribution in [0.3, 0.4) is 0 Å². The van der Waals surface area contributed by atoms with Gasteiger partial charge in [0.2, 0.25) is 0 Å². The third-order valence-electron chi connectivity index (χ3n) is 4.51. The number of aromatic nitrogens is 2. The van der Waals surface area contributed by atoms with Crippen molar-refractivity contribution in [3.63, 3.8) is 0 Å². The van der Waals surface area contributed by atoms with Gasteiger partial charge in [-0.25, -0.2) is 9.97 Å². The SMILES string of the molecule is CCC(CC)c1cc(N2CCc3cc(Cl)cc(Cl)c32)nc(C)n1. The predicted octanol–water partition coefficient (Wildman–Crippen LogP) is 5.69. The zero-order valence-corrected chi connectivity index (χ0v) is 15.2. The van der Waals surface area contributed by atoms with Crippen LogP contribution in [0.25, 0.3) is 0 Å². The monoisotopic (exact) mass is 349 g/mol. The summed E-state index contributed by atoms with van der Waals surface area (Å²) >= 11 is 12.6. The molecule has 0 fully saturated rings.